The molecule has 1 aliphatic heterocycles. The topological polar surface area (TPSA) is 44.1 Å². The fourth-order valence-corrected chi connectivity index (χ4v) is 1.95. The van der Waals surface area contributed by atoms with Crippen molar-refractivity contribution in [3.05, 3.63) is 0 Å². The highest BCUT2D eigenvalue weighted by atomic mass is 16.2. The van der Waals surface area contributed by atoms with Crippen molar-refractivity contribution in [1.29, 1.82) is 5.26 Å². The van der Waals surface area contributed by atoms with E-state index in [1.807, 2.05) is 11.8 Å². The molecule has 0 aromatic heterocycles. The molecule has 1 amide bonds. The molecule has 13 heavy (non-hydrogen) atoms. The SMILES string of the molecule is CC(=O)N1CCCCC1C(C)C#N. The lowest BCUT2D eigenvalue weighted by molar-refractivity contribution is -0.133. The Morgan fingerprint density at radius 1 is 1.62 bits per heavy atom. The van der Waals surface area contributed by atoms with Crippen molar-refractivity contribution in [2.24, 2.45) is 5.92 Å². The average Bonchev–Trinajstić information content (AvgIpc) is 2.16. The van der Waals surface area contributed by atoms with Gasteiger partial charge in [0.15, 0.2) is 0 Å². The van der Waals surface area contributed by atoms with Crippen molar-refractivity contribution in [3.8, 4) is 6.07 Å². The van der Waals surface area contributed by atoms with Crippen LogP contribution in [0.3, 0.4) is 0 Å². The van der Waals surface area contributed by atoms with E-state index in [1.54, 1.807) is 6.92 Å². The normalized spacial score (nSPS) is 25.0. The fourth-order valence-electron chi connectivity index (χ4n) is 1.95. The van der Waals surface area contributed by atoms with Gasteiger partial charge in [0.2, 0.25) is 5.91 Å². The second kappa shape index (κ2) is 4.27. The highest BCUT2D eigenvalue weighted by Crippen LogP contribution is 2.22. The minimum absolute atomic E-state index is 0.0378. The molecule has 3 heteroatoms. The van der Waals surface area contributed by atoms with Crippen molar-refractivity contribution in [3.63, 3.8) is 0 Å². The van der Waals surface area contributed by atoms with Crippen molar-refractivity contribution >= 4 is 5.91 Å². The predicted molar refractivity (Wildman–Crippen MR) is 49.8 cm³/mol. The summed E-state index contributed by atoms with van der Waals surface area (Å²) < 4.78 is 0. The van der Waals surface area contributed by atoms with Crippen LogP contribution < -0.4 is 0 Å². The summed E-state index contributed by atoms with van der Waals surface area (Å²) in [6.07, 6.45) is 3.20. The quantitative estimate of drug-likeness (QED) is 0.614. The molecule has 2 atom stereocenters. The van der Waals surface area contributed by atoms with Crippen molar-refractivity contribution in [1.82, 2.24) is 4.90 Å². The van der Waals surface area contributed by atoms with Gasteiger partial charge in [0.05, 0.1) is 12.0 Å². The third-order valence-corrected chi connectivity index (χ3v) is 2.73. The molecule has 1 saturated heterocycles. The van der Waals surface area contributed by atoms with Gasteiger partial charge in [-0.25, -0.2) is 0 Å². The van der Waals surface area contributed by atoms with Gasteiger partial charge in [-0.1, -0.05) is 0 Å². The Bertz CT molecular complexity index is 232. The second-order valence-electron chi connectivity index (χ2n) is 3.69. The number of likely N-dealkylation sites (tertiary alicyclic amines) is 1. The van der Waals surface area contributed by atoms with Crippen LogP contribution in [0.15, 0.2) is 0 Å². The van der Waals surface area contributed by atoms with Crippen LogP contribution in [0.25, 0.3) is 0 Å². The zero-order valence-corrected chi connectivity index (χ0v) is 8.29. The van der Waals surface area contributed by atoms with Crippen LogP contribution in [0, 0.1) is 17.2 Å². The number of piperidine rings is 1. The van der Waals surface area contributed by atoms with Crippen molar-refractivity contribution in [2.75, 3.05) is 6.54 Å². The molecule has 0 aromatic carbocycles. The molecule has 1 heterocycles. The van der Waals surface area contributed by atoms with Gasteiger partial charge in [0, 0.05) is 19.5 Å². The number of carbonyl (C=O) groups excluding carboxylic acids is 1. The van der Waals surface area contributed by atoms with E-state index in [4.69, 9.17) is 5.26 Å². The summed E-state index contributed by atoms with van der Waals surface area (Å²) in [7, 11) is 0. The Morgan fingerprint density at radius 2 is 2.31 bits per heavy atom. The van der Waals surface area contributed by atoms with Gasteiger partial charge in [0.25, 0.3) is 0 Å². The number of nitrogens with zero attached hydrogens (tertiary/aromatic N) is 2. The minimum Gasteiger partial charge on any atom is -0.339 e. The Labute approximate surface area is 79.3 Å². The van der Waals surface area contributed by atoms with Gasteiger partial charge in [-0.05, 0) is 26.2 Å². The first-order valence-electron chi connectivity index (χ1n) is 4.83. The van der Waals surface area contributed by atoms with E-state index in [9.17, 15) is 4.79 Å². The number of nitriles is 1. The van der Waals surface area contributed by atoms with Gasteiger partial charge < -0.3 is 4.90 Å². The molecule has 1 aliphatic rings. The molecule has 0 N–H and O–H groups in total. The third-order valence-electron chi connectivity index (χ3n) is 2.73. The van der Waals surface area contributed by atoms with Crippen LogP contribution in [-0.2, 0) is 4.79 Å². The highest BCUT2D eigenvalue weighted by molar-refractivity contribution is 5.73. The van der Waals surface area contributed by atoms with Gasteiger partial charge in [-0.2, -0.15) is 5.26 Å². The minimum atomic E-state index is -0.0378. The molecule has 3 nitrogen and oxygen atoms in total. The van der Waals surface area contributed by atoms with Crippen molar-refractivity contribution in [2.45, 2.75) is 39.2 Å². The number of carbonyl (C=O) groups is 1. The molecule has 72 valence electrons. The third kappa shape index (κ3) is 2.21. The number of hydrogen-bond acceptors (Lipinski definition) is 2. The molecule has 0 saturated carbocycles. The largest absolute Gasteiger partial charge is 0.339 e. The van der Waals surface area contributed by atoms with Crippen LogP contribution in [0.1, 0.15) is 33.1 Å². The fraction of sp³-hybridized carbons (Fsp3) is 0.800. The molecule has 0 aliphatic carbocycles. The van der Waals surface area contributed by atoms with E-state index in [-0.39, 0.29) is 17.9 Å². The first-order valence-corrected chi connectivity index (χ1v) is 4.83. The summed E-state index contributed by atoms with van der Waals surface area (Å²) in [5, 5.41) is 8.80. The Hall–Kier alpha value is -1.04. The first-order chi connectivity index (χ1) is 6.16. The Balaban J connectivity index is 2.68. The standard InChI is InChI=1S/C10H16N2O/c1-8(7-11)10-5-3-4-6-12(10)9(2)13/h8,10H,3-6H2,1-2H3. The lowest BCUT2D eigenvalue weighted by Gasteiger charge is -2.36. The monoisotopic (exact) mass is 180 g/mol. The predicted octanol–water partition coefficient (Wildman–Crippen LogP) is 1.55. The van der Waals surface area contributed by atoms with Gasteiger partial charge in [0.1, 0.15) is 0 Å². The van der Waals surface area contributed by atoms with E-state index in [2.05, 4.69) is 6.07 Å². The molecule has 0 spiro atoms. The van der Waals surface area contributed by atoms with E-state index in [1.165, 1.54) is 0 Å². The Morgan fingerprint density at radius 3 is 2.85 bits per heavy atom. The lowest BCUT2D eigenvalue weighted by Crippen LogP contribution is -2.45. The molecule has 1 fully saturated rings. The maximum Gasteiger partial charge on any atom is 0.219 e. The van der Waals surface area contributed by atoms with Crippen LogP contribution in [0.4, 0.5) is 0 Å². The molecular weight excluding hydrogens is 164 g/mol. The van der Waals surface area contributed by atoms with E-state index < -0.39 is 0 Å². The van der Waals surface area contributed by atoms with Crippen LogP contribution in [0.2, 0.25) is 0 Å². The molecule has 1 rings (SSSR count). The van der Waals surface area contributed by atoms with E-state index >= 15 is 0 Å². The van der Waals surface area contributed by atoms with Gasteiger partial charge in [-0.3, -0.25) is 4.79 Å². The van der Waals surface area contributed by atoms with E-state index in [0.717, 1.165) is 25.8 Å². The lowest BCUT2D eigenvalue weighted by atomic mass is 9.92. The number of rotatable bonds is 1. The maximum absolute atomic E-state index is 11.2. The Kier molecular flexibility index (Phi) is 3.30. The highest BCUT2D eigenvalue weighted by Gasteiger charge is 2.28. The van der Waals surface area contributed by atoms with Gasteiger partial charge >= 0.3 is 0 Å². The number of hydrogen-bond donors (Lipinski definition) is 0. The maximum atomic E-state index is 11.2. The number of amides is 1. The summed E-state index contributed by atoms with van der Waals surface area (Å²) in [6.45, 7) is 4.31. The van der Waals surface area contributed by atoms with E-state index in [0.29, 0.717) is 0 Å². The molecule has 0 radical (unpaired) electrons. The zero-order chi connectivity index (χ0) is 9.84. The summed E-state index contributed by atoms with van der Waals surface area (Å²) >= 11 is 0. The van der Waals surface area contributed by atoms with Gasteiger partial charge in [-0.15, -0.1) is 0 Å². The molecule has 0 aromatic rings. The van der Waals surface area contributed by atoms with Crippen LogP contribution in [0.5, 0.6) is 0 Å². The summed E-state index contributed by atoms with van der Waals surface area (Å²) in [6, 6.07) is 2.37. The summed E-state index contributed by atoms with van der Waals surface area (Å²) in [5.41, 5.74) is 0. The average molecular weight is 180 g/mol. The smallest absolute Gasteiger partial charge is 0.219 e. The van der Waals surface area contributed by atoms with Crippen LogP contribution in [-0.4, -0.2) is 23.4 Å². The first kappa shape index (κ1) is 10.0. The molecule has 2 unspecified atom stereocenters. The molecule has 0 bridgehead atoms. The van der Waals surface area contributed by atoms with Crippen LogP contribution >= 0.6 is 0 Å². The molecular formula is C10H16N2O. The summed E-state index contributed by atoms with van der Waals surface area (Å²) in [4.78, 5) is 13.1. The zero-order valence-electron chi connectivity index (χ0n) is 8.29. The summed E-state index contributed by atoms with van der Waals surface area (Å²) in [5.74, 6) is 0.0657. The van der Waals surface area contributed by atoms with Crippen molar-refractivity contribution < 1.29 is 4.79 Å². The second-order valence-corrected chi connectivity index (χ2v) is 3.69.